The Morgan fingerprint density at radius 3 is 2.50 bits per heavy atom. The largest absolute Gasteiger partial charge is 0.360 e. The fourth-order valence-electron chi connectivity index (χ4n) is 1.99. The highest BCUT2D eigenvalue weighted by molar-refractivity contribution is 7.80. The summed E-state index contributed by atoms with van der Waals surface area (Å²) in [6.07, 6.45) is 2.04. The van der Waals surface area contributed by atoms with E-state index in [9.17, 15) is 0 Å². The van der Waals surface area contributed by atoms with Gasteiger partial charge in [-0.05, 0) is 11.6 Å². The average Bonchev–Trinajstić information content (AvgIpc) is 2.75. The van der Waals surface area contributed by atoms with E-state index < -0.39 is 0 Å². The summed E-state index contributed by atoms with van der Waals surface area (Å²) in [5.74, 6) is 0. The lowest BCUT2D eigenvalue weighted by molar-refractivity contribution is 1.41. The van der Waals surface area contributed by atoms with Gasteiger partial charge in [-0.2, -0.15) is 0 Å². The van der Waals surface area contributed by atoms with Crippen molar-refractivity contribution in [2.75, 3.05) is 0 Å². The molecule has 0 spiro atoms. The number of thiol groups is 1. The smallest absolute Gasteiger partial charge is 0.0595 e. The molecule has 0 amide bonds. The molecule has 2 heteroatoms. The predicted molar refractivity (Wildman–Crippen MR) is 71.0 cm³/mol. The second-order valence-electron chi connectivity index (χ2n) is 3.77. The number of hydrogen-bond acceptors (Lipinski definition) is 1. The van der Waals surface area contributed by atoms with Crippen LogP contribution < -0.4 is 0 Å². The van der Waals surface area contributed by atoms with E-state index in [0.29, 0.717) is 0 Å². The maximum Gasteiger partial charge on any atom is 0.0595 e. The van der Waals surface area contributed by atoms with Gasteiger partial charge in [0.1, 0.15) is 0 Å². The van der Waals surface area contributed by atoms with Crippen molar-refractivity contribution >= 4 is 23.5 Å². The van der Waals surface area contributed by atoms with Gasteiger partial charge in [0.25, 0.3) is 0 Å². The van der Waals surface area contributed by atoms with Gasteiger partial charge in [-0.25, -0.2) is 0 Å². The summed E-state index contributed by atoms with van der Waals surface area (Å²) in [5, 5.41) is 1.22. The summed E-state index contributed by atoms with van der Waals surface area (Å²) in [6.45, 7) is 0. The standard InChI is InChI=1S/C14H11NS/c16-13-8-4-7-11-12(9-15-14(11)13)10-5-2-1-3-6-10/h1-9,15-16H. The molecule has 0 aliphatic carbocycles. The van der Waals surface area contributed by atoms with Crippen LogP contribution in [0.3, 0.4) is 0 Å². The lowest BCUT2D eigenvalue weighted by Gasteiger charge is -1.99. The van der Waals surface area contributed by atoms with Crippen LogP contribution in [0, 0.1) is 0 Å². The molecule has 1 aromatic heterocycles. The van der Waals surface area contributed by atoms with E-state index in [0.717, 1.165) is 10.4 Å². The number of hydrogen-bond donors (Lipinski definition) is 2. The van der Waals surface area contributed by atoms with Crippen molar-refractivity contribution in [1.29, 1.82) is 0 Å². The zero-order chi connectivity index (χ0) is 11.0. The van der Waals surface area contributed by atoms with Gasteiger partial charge < -0.3 is 4.98 Å². The molecule has 16 heavy (non-hydrogen) atoms. The lowest BCUT2D eigenvalue weighted by Crippen LogP contribution is -1.74. The minimum absolute atomic E-state index is 0.986. The summed E-state index contributed by atoms with van der Waals surface area (Å²) in [6, 6.07) is 16.5. The summed E-state index contributed by atoms with van der Waals surface area (Å²) >= 11 is 4.44. The third kappa shape index (κ3) is 1.42. The molecule has 0 fully saturated rings. The Balaban J connectivity index is 2.30. The molecule has 2 aromatic carbocycles. The Morgan fingerprint density at radius 2 is 1.69 bits per heavy atom. The number of aromatic amines is 1. The normalized spacial score (nSPS) is 10.8. The first-order valence-electron chi connectivity index (χ1n) is 5.21. The first kappa shape index (κ1) is 9.55. The number of aromatic nitrogens is 1. The highest BCUT2D eigenvalue weighted by Gasteiger charge is 2.06. The molecule has 0 saturated carbocycles. The van der Waals surface area contributed by atoms with Crippen molar-refractivity contribution in [3.05, 3.63) is 54.7 Å². The average molecular weight is 225 g/mol. The Kier molecular flexibility index (Phi) is 2.22. The number of benzene rings is 2. The summed E-state index contributed by atoms with van der Waals surface area (Å²) in [5.41, 5.74) is 3.56. The van der Waals surface area contributed by atoms with Crippen molar-refractivity contribution in [1.82, 2.24) is 4.98 Å². The Hall–Kier alpha value is -1.67. The molecule has 78 valence electrons. The number of fused-ring (bicyclic) bond motifs is 1. The van der Waals surface area contributed by atoms with Gasteiger partial charge >= 0.3 is 0 Å². The van der Waals surface area contributed by atoms with Gasteiger partial charge in [0.05, 0.1) is 5.52 Å². The van der Waals surface area contributed by atoms with Crippen molar-refractivity contribution in [3.8, 4) is 11.1 Å². The molecular weight excluding hydrogens is 214 g/mol. The molecular formula is C14H11NS. The lowest BCUT2D eigenvalue weighted by atomic mass is 10.1. The van der Waals surface area contributed by atoms with Crippen LogP contribution in [0.1, 0.15) is 0 Å². The third-order valence-corrected chi connectivity index (χ3v) is 3.15. The predicted octanol–water partition coefficient (Wildman–Crippen LogP) is 4.12. The van der Waals surface area contributed by atoms with Crippen LogP contribution in [0.2, 0.25) is 0 Å². The van der Waals surface area contributed by atoms with E-state index in [4.69, 9.17) is 0 Å². The highest BCUT2D eigenvalue weighted by atomic mass is 32.1. The highest BCUT2D eigenvalue weighted by Crippen LogP contribution is 2.31. The van der Waals surface area contributed by atoms with Crippen LogP contribution in [0.25, 0.3) is 22.0 Å². The second kappa shape index (κ2) is 3.72. The van der Waals surface area contributed by atoms with Crippen LogP contribution in [0.15, 0.2) is 59.6 Å². The zero-order valence-corrected chi connectivity index (χ0v) is 9.54. The van der Waals surface area contributed by atoms with Crippen LogP contribution in [0.4, 0.5) is 0 Å². The summed E-state index contributed by atoms with van der Waals surface area (Å²) in [4.78, 5) is 4.26. The molecule has 1 N–H and O–H groups in total. The number of nitrogens with one attached hydrogen (secondary N) is 1. The summed E-state index contributed by atoms with van der Waals surface area (Å²) in [7, 11) is 0. The minimum atomic E-state index is 0.986. The molecule has 3 aromatic rings. The Labute approximate surface area is 99.5 Å². The second-order valence-corrected chi connectivity index (χ2v) is 4.25. The third-order valence-electron chi connectivity index (χ3n) is 2.78. The molecule has 0 unspecified atom stereocenters. The molecule has 1 nitrogen and oxygen atoms in total. The van der Waals surface area contributed by atoms with Crippen LogP contribution in [-0.4, -0.2) is 4.98 Å². The first-order chi connectivity index (χ1) is 7.86. The fraction of sp³-hybridized carbons (Fsp3) is 0. The molecule has 0 saturated heterocycles. The maximum atomic E-state index is 4.44. The van der Waals surface area contributed by atoms with Gasteiger partial charge in [-0.1, -0.05) is 42.5 Å². The van der Waals surface area contributed by atoms with E-state index in [1.165, 1.54) is 16.5 Å². The van der Waals surface area contributed by atoms with Gasteiger partial charge in [-0.15, -0.1) is 12.6 Å². The number of rotatable bonds is 1. The van der Waals surface area contributed by atoms with E-state index >= 15 is 0 Å². The topological polar surface area (TPSA) is 15.8 Å². The molecule has 0 aliphatic heterocycles. The first-order valence-corrected chi connectivity index (χ1v) is 5.65. The molecule has 0 aliphatic rings. The van der Waals surface area contributed by atoms with Gasteiger partial charge in [0.2, 0.25) is 0 Å². The molecule has 0 radical (unpaired) electrons. The van der Waals surface area contributed by atoms with E-state index in [-0.39, 0.29) is 0 Å². The van der Waals surface area contributed by atoms with Crippen molar-refractivity contribution in [2.24, 2.45) is 0 Å². The van der Waals surface area contributed by atoms with Crippen molar-refractivity contribution < 1.29 is 0 Å². The summed E-state index contributed by atoms with van der Waals surface area (Å²) < 4.78 is 0. The van der Waals surface area contributed by atoms with Crippen LogP contribution in [-0.2, 0) is 0 Å². The molecule has 3 rings (SSSR count). The van der Waals surface area contributed by atoms with Crippen molar-refractivity contribution in [3.63, 3.8) is 0 Å². The Morgan fingerprint density at radius 1 is 0.875 bits per heavy atom. The molecule has 0 bridgehead atoms. The maximum absolute atomic E-state index is 4.44. The molecule has 0 atom stereocenters. The van der Waals surface area contributed by atoms with Crippen molar-refractivity contribution in [2.45, 2.75) is 4.90 Å². The number of H-pyrrole nitrogens is 1. The van der Waals surface area contributed by atoms with E-state index in [2.05, 4.69) is 47.9 Å². The van der Waals surface area contributed by atoms with Crippen LogP contribution in [0.5, 0.6) is 0 Å². The SMILES string of the molecule is Sc1cccc2c(-c3ccccc3)c[nH]c12. The van der Waals surface area contributed by atoms with E-state index in [1.807, 2.05) is 24.4 Å². The molecule has 1 heterocycles. The zero-order valence-electron chi connectivity index (χ0n) is 8.64. The minimum Gasteiger partial charge on any atom is -0.360 e. The fourth-order valence-corrected chi connectivity index (χ4v) is 2.27. The number of para-hydroxylation sites is 1. The van der Waals surface area contributed by atoms with E-state index in [1.54, 1.807) is 0 Å². The Bertz CT molecular complexity index is 626. The van der Waals surface area contributed by atoms with Crippen LogP contribution >= 0.6 is 12.6 Å². The quantitative estimate of drug-likeness (QED) is 0.579. The van der Waals surface area contributed by atoms with Gasteiger partial charge in [-0.3, -0.25) is 0 Å². The van der Waals surface area contributed by atoms with Gasteiger partial charge in [0, 0.05) is 22.0 Å². The van der Waals surface area contributed by atoms with Gasteiger partial charge in [0.15, 0.2) is 0 Å². The monoisotopic (exact) mass is 225 g/mol.